The van der Waals surface area contributed by atoms with Gasteiger partial charge in [0.2, 0.25) is 5.91 Å². The van der Waals surface area contributed by atoms with Gasteiger partial charge in [0.05, 0.1) is 17.8 Å². The van der Waals surface area contributed by atoms with Gasteiger partial charge in [0.1, 0.15) is 6.54 Å². The van der Waals surface area contributed by atoms with Crippen molar-refractivity contribution in [3.05, 3.63) is 30.5 Å². The van der Waals surface area contributed by atoms with Crippen molar-refractivity contribution in [2.45, 2.75) is 31.9 Å². The highest BCUT2D eigenvalue weighted by Crippen LogP contribution is 2.35. The number of amides is 1. The first-order chi connectivity index (χ1) is 9.65. The van der Waals surface area contributed by atoms with Gasteiger partial charge in [0.25, 0.3) is 6.43 Å². The molecule has 0 aliphatic heterocycles. The quantitative estimate of drug-likeness (QED) is 0.912. The predicted molar refractivity (Wildman–Crippen MR) is 70.4 cm³/mol. The minimum atomic E-state index is -2.51. The molecule has 20 heavy (non-hydrogen) atoms. The SMILES string of the molecule is O=C(Cn1ncc2ccccc21)NC(C(F)F)C1CC1. The standard InChI is InChI=1S/C14H15F2N3O/c15-14(16)13(9-5-6-9)18-12(20)8-19-11-4-2-1-3-10(11)7-17-19/h1-4,7,9,13-14H,5-6,8H2,(H,18,20). The van der Waals surface area contributed by atoms with Crippen molar-refractivity contribution < 1.29 is 13.6 Å². The molecule has 1 aliphatic carbocycles. The summed E-state index contributed by atoms with van der Waals surface area (Å²) < 4.78 is 27.2. The second-order valence-corrected chi connectivity index (χ2v) is 5.13. The fraction of sp³-hybridized carbons (Fsp3) is 0.429. The number of alkyl halides is 2. The van der Waals surface area contributed by atoms with E-state index in [4.69, 9.17) is 0 Å². The van der Waals surface area contributed by atoms with Gasteiger partial charge in [-0.15, -0.1) is 0 Å². The lowest BCUT2D eigenvalue weighted by molar-refractivity contribution is -0.124. The third-order valence-corrected chi connectivity index (χ3v) is 3.57. The Morgan fingerprint density at radius 1 is 1.40 bits per heavy atom. The van der Waals surface area contributed by atoms with Gasteiger partial charge in [0.15, 0.2) is 0 Å². The molecule has 1 aliphatic rings. The number of fused-ring (bicyclic) bond motifs is 1. The summed E-state index contributed by atoms with van der Waals surface area (Å²) in [7, 11) is 0. The maximum atomic E-state index is 12.8. The Morgan fingerprint density at radius 2 is 2.15 bits per heavy atom. The van der Waals surface area contributed by atoms with Gasteiger partial charge in [-0.25, -0.2) is 8.78 Å². The molecule has 1 amide bonds. The molecule has 1 heterocycles. The van der Waals surface area contributed by atoms with Crippen molar-refractivity contribution in [3.8, 4) is 0 Å². The minimum Gasteiger partial charge on any atom is -0.346 e. The number of benzene rings is 1. The lowest BCUT2D eigenvalue weighted by Crippen LogP contribution is -2.43. The van der Waals surface area contributed by atoms with Gasteiger partial charge in [0, 0.05) is 5.39 Å². The number of para-hydroxylation sites is 1. The van der Waals surface area contributed by atoms with Gasteiger partial charge >= 0.3 is 0 Å². The molecule has 1 saturated carbocycles. The molecule has 3 rings (SSSR count). The van der Waals surface area contributed by atoms with Crippen molar-refractivity contribution >= 4 is 16.8 Å². The Hall–Kier alpha value is -1.98. The molecule has 0 radical (unpaired) electrons. The monoisotopic (exact) mass is 279 g/mol. The molecular formula is C14H15F2N3O. The number of carbonyl (C=O) groups is 1. The summed E-state index contributed by atoms with van der Waals surface area (Å²) in [5.74, 6) is -0.496. The van der Waals surface area contributed by atoms with Crippen LogP contribution in [0.4, 0.5) is 8.78 Å². The average molecular weight is 279 g/mol. The normalized spacial score (nSPS) is 16.6. The maximum Gasteiger partial charge on any atom is 0.258 e. The second-order valence-electron chi connectivity index (χ2n) is 5.13. The molecular weight excluding hydrogens is 264 g/mol. The Bertz CT molecular complexity index is 620. The molecule has 1 fully saturated rings. The number of aromatic nitrogens is 2. The number of nitrogens with one attached hydrogen (secondary N) is 1. The van der Waals surface area contributed by atoms with Crippen LogP contribution in [0.25, 0.3) is 10.9 Å². The van der Waals surface area contributed by atoms with Crippen LogP contribution in [0.3, 0.4) is 0 Å². The predicted octanol–water partition coefficient (Wildman–Crippen LogP) is 2.20. The molecule has 2 aromatic rings. The van der Waals surface area contributed by atoms with Crippen LogP contribution in [0, 0.1) is 5.92 Å². The number of hydrogen-bond donors (Lipinski definition) is 1. The molecule has 106 valence electrons. The van der Waals surface area contributed by atoms with Gasteiger partial charge in [-0.2, -0.15) is 5.10 Å². The molecule has 1 unspecified atom stereocenters. The third kappa shape index (κ3) is 2.64. The number of nitrogens with zero attached hydrogens (tertiary/aromatic N) is 2. The lowest BCUT2D eigenvalue weighted by Gasteiger charge is -2.17. The number of rotatable bonds is 5. The largest absolute Gasteiger partial charge is 0.346 e. The van der Waals surface area contributed by atoms with Crippen molar-refractivity contribution in [2.24, 2.45) is 5.92 Å². The Balaban J connectivity index is 1.69. The number of carbonyl (C=O) groups excluding carboxylic acids is 1. The summed E-state index contributed by atoms with van der Waals surface area (Å²) >= 11 is 0. The summed E-state index contributed by atoms with van der Waals surface area (Å²) in [6.07, 6.45) is 0.675. The van der Waals surface area contributed by atoms with Crippen LogP contribution in [0.15, 0.2) is 30.5 Å². The summed E-state index contributed by atoms with van der Waals surface area (Å²) in [5, 5.41) is 7.47. The highest BCUT2D eigenvalue weighted by Gasteiger charge is 2.38. The molecule has 1 N–H and O–H groups in total. The van der Waals surface area contributed by atoms with Gasteiger partial charge in [-0.3, -0.25) is 9.48 Å². The Kier molecular flexibility index (Phi) is 3.38. The van der Waals surface area contributed by atoms with Crippen LogP contribution in [0.5, 0.6) is 0 Å². The molecule has 0 saturated heterocycles. The van der Waals surface area contributed by atoms with Crippen molar-refractivity contribution in [1.29, 1.82) is 0 Å². The van der Waals surface area contributed by atoms with E-state index in [9.17, 15) is 13.6 Å². The highest BCUT2D eigenvalue weighted by atomic mass is 19.3. The van der Waals surface area contributed by atoms with Crippen LogP contribution in [0.2, 0.25) is 0 Å². The van der Waals surface area contributed by atoms with Crippen molar-refractivity contribution in [3.63, 3.8) is 0 Å². The molecule has 6 heteroatoms. The molecule has 1 aromatic heterocycles. The minimum absolute atomic E-state index is 0.0382. The van der Waals surface area contributed by atoms with E-state index in [0.717, 1.165) is 23.7 Å². The zero-order valence-corrected chi connectivity index (χ0v) is 10.8. The maximum absolute atomic E-state index is 12.8. The highest BCUT2D eigenvalue weighted by molar-refractivity contribution is 5.82. The zero-order chi connectivity index (χ0) is 14.1. The van der Waals surface area contributed by atoms with Crippen molar-refractivity contribution in [2.75, 3.05) is 0 Å². The molecule has 1 atom stereocenters. The Morgan fingerprint density at radius 3 is 2.85 bits per heavy atom. The van der Waals surface area contributed by atoms with Crippen LogP contribution in [0.1, 0.15) is 12.8 Å². The fourth-order valence-corrected chi connectivity index (χ4v) is 2.36. The number of hydrogen-bond acceptors (Lipinski definition) is 2. The van der Waals surface area contributed by atoms with Crippen LogP contribution >= 0.6 is 0 Å². The first kappa shape index (κ1) is 13.0. The molecule has 4 nitrogen and oxygen atoms in total. The van der Waals surface area contributed by atoms with E-state index >= 15 is 0 Å². The first-order valence-corrected chi connectivity index (χ1v) is 6.63. The number of halogens is 2. The summed E-state index contributed by atoms with van der Waals surface area (Å²) in [6.45, 7) is -0.0382. The third-order valence-electron chi connectivity index (χ3n) is 3.57. The van der Waals surface area contributed by atoms with E-state index in [-0.39, 0.29) is 12.5 Å². The zero-order valence-electron chi connectivity index (χ0n) is 10.8. The van der Waals surface area contributed by atoms with Crippen molar-refractivity contribution in [1.82, 2.24) is 15.1 Å². The molecule has 0 spiro atoms. The van der Waals surface area contributed by atoms with Crippen LogP contribution < -0.4 is 5.32 Å². The van der Waals surface area contributed by atoms with E-state index in [0.29, 0.717) is 0 Å². The van der Waals surface area contributed by atoms with Gasteiger partial charge in [-0.1, -0.05) is 18.2 Å². The first-order valence-electron chi connectivity index (χ1n) is 6.63. The second kappa shape index (κ2) is 5.19. The Labute approximate surface area is 114 Å². The average Bonchev–Trinajstić information content (AvgIpc) is 3.19. The van der Waals surface area contributed by atoms with E-state index in [1.165, 1.54) is 4.68 Å². The summed E-state index contributed by atoms with van der Waals surface area (Å²) in [5.41, 5.74) is 0.822. The summed E-state index contributed by atoms with van der Waals surface area (Å²) in [6, 6.07) is 6.45. The molecule has 1 aromatic carbocycles. The smallest absolute Gasteiger partial charge is 0.258 e. The van der Waals surface area contributed by atoms with Crippen LogP contribution in [-0.2, 0) is 11.3 Å². The van der Waals surface area contributed by atoms with E-state index in [2.05, 4.69) is 10.4 Å². The lowest BCUT2D eigenvalue weighted by atomic mass is 10.2. The van der Waals surface area contributed by atoms with Crippen LogP contribution in [-0.4, -0.2) is 28.2 Å². The van der Waals surface area contributed by atoms with Gasteiger partial charge < -0.3 is 5.32 Å². The van der Waals surface area contributed by atoms with E-state index in [1.54, 1.807) is 6.20 Å². The molecule has 0 bridgehead atoms. The fourth-order valence-electron chi connectivity index (χ4n) is 2.36. The summed E-state index contributed by atoms with van der Waals surface area (Å²) in [4.78, 5) is 11.9. The van der Waals surface area contributed by atoms with E-state index < -0.39 is 18.4 Å². The van der Waals surface area contributed by atoms with E-state index in [1.807, 2.05) is 24.3 Å². The van der Waals surface area contributed by atoms with Gasteiger partial charge in [-0.05, 0) is 24.8 Å². The topological polar surface area (TPSA) is 46.9 Å².